The van der Waals surface area contributed by atoms with Crippen molar-refractivity contribution in [2.24, 2.45) is 0 Å². The molecular weight excluding hydrogens is 402 g/mol. The largest absolute Gasteiger partial charge is 0.493 e. The van der Waals surface area contributed by atoms with E-state index < -0.39 is 11.6 Å². The smallest absolute Gasteiger partial charge is 0.223 e. The number of hydrogen-bond acceptors (Lipinski definition) is 4. The Morgan fingerprint density at radius 2 is 1.81 bits per heavy atom. The minimum Gasteiger partial charge on any atom is -0.493 e. The lowest BCUT2D eigenvalue weighted by Crippen LogP contribution is -2.28. The van der Waals surface area contributed by atoms with Gasteiger partial charge in [0.1, 0.15) is 0 Å². The Morgan fingerprint density at radius 1 is 1.03 bits per heavy atom. The molecule has 0 atom stereocenters. The van der Waals surface area contributed by atoms with Crippen molar-refractivity contribution in [1.29, 1.82) is 0 Å². The zero-order chi connectivity index (χ0) is 22.6. The summed E-state index contributed by atoms with van der Waals surface area (Å²) >= 11 is 0. The second-order valence-corrected chi connectivity index (χ2v) is 7.23. The Balaban J connectivity index is 1.62. The highest BCUT2D eigenvalue weighted by Crippen LogP contribution is 2.27. The van der Waals surface area contributed by atoms with Crippen LogP contribution in [0.25, 0.3) is 6.08 Å². The molecule has 2 aromatic rings. The summed E-state index contributed by atoms with van der Waals surface area (Å²) in [7, 11) is 5.29. The van der Waals surface area contributed by atoms with Crippen molar-refractivity contribution < 1.29 is 23.0 Å². The van der Waals surface area contributed by atoms with Gasteiger partial charge in [0, 0.05) is 19.5 Å². The summed E-state index contributed by atoms with van der Waals surface area (Å²) in [6, 6.07) is 9.55. The number of carbonyl (C=O) groups excluding carboxylic acids is 1. The summed E-state index contributed by atoms with van der Waals surface area (Å²) < 4.78 is 36.6. The number of ether oxygens (including phenoxy) is 2. The van der Waals surface area contributed by atoms with Crippen LogP contribution in [0.4, 0.5) is 8.78 Å². The molecule has 0 saturated heterocycles. The van der Waals surface area contributed by atoms with Gasteiger partial charge in [-0.2, -0.15) is 0 Å². The monoisotopic (exact) mass is 432 g/mol. The molecule has 0 fully saturated rings. The molecule has 2 aromatic carbocycles. The lowest BCUT2D eigenvalue weighted by atomic mass is 10.1. The molecule has 0 aromatic heterocycles. The van der Waals surface area contributed by atoms with Gasteiger partial charge < -0.3 is 19.7 Å². The molecule has 0 radical (unpaired) electrons. The number of nitrogens with one attached hydrogen (secondary N) is 1. The third-order valence-electron chi connectivity index (χ3n) is 4.83. The van der Waals surface area contributed by atoms with Crippen LogP contribution in [-0.4, -0.2) is 51.7 Å². The summed E-state index contributed by atoms with van der Waals surface area (Å²) in [5.74, 6) is -0.448. The number of carbonyl (C=O) groups is 1. The number of halogens is 2. The summed E-state index contributed by atoms with van der Waals surface area (Å²) in [6.07, 6.45) is 5.15. The molecule has 0 bridgehead atoms. The van der Waals surface area contributed by atoms with E-state index in [-0.39, 0.29) is 12.3 Å². The molecular formula is C24H30F2N2O3. The fourth-order valence-corrected chi connectivity index (χ4v) is 3.03. The Kier molecular flexibility index (Phi) is 9.97. The third-order valence-corrected chi connectivity index (χ3v) is 4.83. The van der Waals surface area contributed by atoms with Gasteiger partial charge in [0.15, 0.2) is 23.1 Å². The van der Waals surface area contributed by atoms with Gasteiger partial charge in [-0.3, -0.25) is 4.79 Å². The average Bonchev–Trinajstić information content (AvgIpc) is 2.77. The van der Waals surface area contributed by atoms with E-state index in [1.54, 1.807) is 26.4 Å². The van der Waals surface area contributed by atoms with Crippen molar-refractivity contribution in [1.82, 2.24) is 10.2 Å². The Hall–Kier alpha value is -2.93. The van der Waals surface area contributed by atoms with Crippen LogP contribution in [0.5, 0.6) is 11.5 Å². The molecule has 1 N–H and O–H groups in total. The van der Waals surface area contributed by atoms with Gasteiger partial charge in [-0.15, -0.1) is 0 Å². The van der Waals surface area contributed by atoms with E-state index in [2.05, 4.69) is 10.2 Å². The molecule has 168 valence electrons. The van der Waals surface area contributed by atoms with Crippen molar-refractivity contribution in [3.05, 3.63) is 65.2 Å². The van der Waals surface area contributed by atoms with E-state index in [1.807, 2.05) is 25.2 Å². The van der Waals surface area contributed by atoms with Gasteiger partial charge in [0.25, 0.3) is 0 Å². The lowest BCUT2D eigenvalue weighted by Gasteiger charge is -2.17. The maximum atomic E-state index is 13.1. The van der Waals surface area contributed by atoms with E-state index in [1.165, 1.54) is 11.6 Å². The summed E-state index contributed by atoms with van der Waals surface area (Å²) in [4.78, 5) is 14.1. The molecule has 2 rings (SSSR count). The zero-order valence-electron chi connectivity index (χ0n) is 18.3. The van der Waals surface area contributed by atoms with Crippen molar-refractivity contribution >= 4 is 12.0 Å². The van der Waals surface area contributed by atoms with E-state index in [0.717, 1.165) is 49.6 Å². The molecule has 0 spiro atoms. The van der Waals surface area contributed by atoms with Crippen LogP contribution in [0, 0.1) is 11.6 Å². The molecule has 5 nitrogen and oxygen atoms in total. The van der Waals surface area contributed by atoms with Crippen molar-refractivity contribution in [3.63, 3.8) is 0 Å². The SMILES string of the molecule is COc1ccc(CCN(C)CCCNC(=O)CC=Cc2ccc(F)c(F)c2)cc1OC. The molecule has 0 aliphatic rings. The van der Waals surface area contributed by atoms with Crippen LogP contribution >= 0.6 is 0 Å². The number of likely N-dealkylation sites (N-methyl/N-ethyl adjacent to an activating group) is 1. The van der Waals surface area contributed by atoms with E-state index in [0.29, 0.717) is 12.1 Å². The Labute approximate surface area is 182 Å². The van der Waals surface area contributed by atoms with Gasteiger partial charge in [0.2, 0.25) is 5.91 Å². The fraction of sp³-hybridized carbons (Fsp3) is 0.375. The van der Waals surface area contributed by atoms with Gasteiger partial charge in [-0.25, -0.2) is 8.78 Å². The van der Waals surface area contributed by atoms with Gasteiger partial charge in [-0.05, 0) is 61.8 Å². The topological polar surface area (TPSA) is 50.8 Å². The average molecular weight is 433 g/mol. The quantitative estimate of drug-likeness (QED) is 0.514. The third kappa shape index (κ3) is 8.38. The van der Waals surface area contributed by atoms with E-state index in [4.69, 9.17) is 9.47 Å². The number of amides is 1. The molecule has 0 aliphatic heterocycles. The number of rotatable bonds is 12. The second kappa shape index (κ2) is 12.7. The van der Waals surface area contributed by atoms with Gasteiger partial charge in [0.05, 0.1) is 14.2 Å². The predicted molar refractivity (Wildman–Crippen MR) is 118 cm³/mol. The van der Waals surface area contributed by atoms with Crippen LogP contribution in [-0.2, 0) is 11.2 Å². The number of methoxy groups -OCH3 is 2. The Bertz CT molecular complexity index is 887. The first kappa shape index (κ1) is 24.3. The van der Waals surface area contributed by atoms with Crippen LogP contribution < -0.4 is 14.8 Å². The molecule has 0 aliphatic carbocycles. The van der Waals surface area contributed by atoms with Crippen molar-refractivity contribution in [2.75, 3.05) is 40.9 Å². The normalized spacial score (nSPS) is 11.2. The van der Waals surface area contributed by atoms with Crippen LogP contribution in [0.1, 0.15) is 24.0 Å². The van der Waals surface area contributed by atoms with Gasteiger partial charge >= 0.3 is 0 Å². The summed E-state index contributed by atoms with van der Waals surface area (Å²) in [5.41, 5.74) is 1.69. The second-order valence-electron chi connectivity index (χ2n) is 7.23. The number of hydrogen-bond donors (Lipinski definition) is 1. The van der Waals surface area contributed by atoms with Gasteiger partial charge in [-0.1, -0.05) is 24.3 Å². The van der Waals surface area contributed by atoms with Crippen LogP contribution in [0.3, 0.4) is 0 Å². The molecule has 31 heavy (non-hydrogen) atoms. The molecule has 7 heteroatoms. The van der Waals surface area contributed by atoms with Crippen LogP contribution in [0.2, 0.25) is 0 Å². The van der Waals surface area contributed by atoms with Crippen molar-refractivity contribution in [2.45, 2.75) is 19.3 Å². The highest BCUT2D eigenvalue weighted by molar-refractivity contribution is 5.78. The highest BCUT2D eigenvalue weighted by Gasteiger charge is 2.06. The summed E-state index contributed by atoms with van der Waals surface area (Å²) in [6.45, 7) is 2.33. The minimum atomic E-state index is -0.901. The van der Waals surface area contributed by atoms with E-state index >= 15 is 0 Å². The van der Waals surface area contributed by atoms with Crippen LogP contribution in [0.15, 0.2) is 42.5 Å². The number of nitrogens with zero attached hydrogens (tertiary/aromatic N) is 1. The van der Waals surface area contributed by atoms with E-state index in [9.17, 15) is 13.6 Å². The maximum Gasteiger partial charge on any atom is 0.223 e. The first-order valence-corrected chi connectivity index (χ1v) is 10.2. The fourth-order valence-electron chi connectivity index (χ4n) is 3.03. The highest BCUT2D eigenvalue weighted by atomic mass is 19.2. The number of benzene rings is 2. The molecule has 0 heterocycles. The predicted octanol–water partition coefficient (Wildman–Crippen LogP) is 4.07. The molecule has 0 saturated carbocycles. The Morgan fingerprint density at radius 3 is 2.52 bits per heavy atom. The first-order chi connectivity index (χ1) is 14.9. The zero-order valence-corrected chi connectivity index (χ0v) is 18.3. The first-order valence-electron chi connectivity index (χ1n) is 10.2. The molecule has 1 amide bonds. The minimum absolute atomic E-state index is 0.105. The summed E-state index contributed by atoms with van der Waals surface area (Å²) in [5, 5.41) is 2.86. The molecule has 0 unspecified atom stereocenters. The van der Waals surface area contributed by atoms with Crippen molar-refractivity contribution in [3.8, 4) is 11.5 Å². The lowest BCUT2D eigenvalue weighted by molar-refractivity contribution is -0.120. The standard InChI is InChI=1S/C24H30F2N2O3/c1-28(15-12-19-9-11-22(30-2)23(17-19)31-3)14-5-13-27-24(29)7-4-6-18-8-10-20(25)21(26)16-18/h4,6,8-11,16-17H,5,7,12-15H2,1-3H3,(H,27,29). The maximum absolute atomic E-state index is 13.1.